The lowest BCUT2D eigenvalue weighted by atomic mass is 10.0. The molecule has 0 aliphatic carbocycles. The molecule has 0 bridgehead atoms. The Bertz CT molecular complexity index is 212. The normalized spacial score (nSPS) is 16.4. The summed E-state index contributed by atoms with van der Waals surface area (Å²) < 4.78 is 5.62. The van der Waals surface area contributed by atoms with Crippen molar-refractivity contribution in [3.63, 3.8) is 0 Å². The molecular weight excluding hydrogens is 254 g/mol. The number of hydrogen-bond acceptors (Lipinski definition) is 4. The number of hydrogen-bond donors (Lipinski definition) is 3. The molecule has 122 valence electrons. The van der Waals surface area contributed by atoms with Gasteiger partial charge in [-0.3, -0.25) is 0 Å². The third kappa shape index (κ3) is 9.70. The van der Waals surface area contributed by atoms with E-state index in [0.717, 1.165) is 13.0 Å². The maximum atomic E-state index is 9.87. The van der Waals surface area contributed by atoms with Gasteiger partial charge < -0.3 is 20.3 Å². The van der Waals surface area contributed by atoms with Crippen LogP contribution in [0, 0.1) is 11.8 Å². The van der Waals surface area contributed by atoms with E-state index in [1.807, 2.05) is 0 Å². The Morgan fingerprint density at radius 1 is 1.15 bits per heavy atom. The van der Waals surface area contributed by atoms with E-state index in [1.54, 1.807) is 0 Å². The molecule has 2 unspecified atom stereocenters. The van der Waals surface area contributed by atoms with E-state index >= 15 is 0 Å². The van der Waals surface area contributed by atoms with Gasteiger partial charge in [0.15, 0.2) is 0 Å². The molecule has 0 rings (SSSR count). The molecular formula is C16H35NO3. The van der Waals surface area contributed by atoms with Crippen LogP contribution in [0.4, 0.5) is 0 Å². The third-order valence-electron chi connectivity index (χ3n) is 3.82. The molecule has 0 fully saturated rings. The standard InChI is InChI=1S/C16H35NO3/c1-5-7-8-14(6-2)11-20-12-15(19)9-17-16(10-18)13(3)4/h13-19H,5-12H2,1-4H3/t14?,15?,16-/m1/s1. The molecule has 0 saturated heterocycles. The van der Waals surface area contributed by atoms with Crippen molar-refractivity contribution in [2.75, 3.05) is 26.4 Å². The SMILES string of the molecule is CCCCC(CC)COCC(O)CN[C@H](CO)C(C)C. The Balaban J connectivity index is 3.73. The first-order valence-corrected chi connectivity index (χ1v) is 8.15. The zero-order valence-electron chi connectivity index (χ0n) is 13.8. The molecule has 4 nitrogen and oxygen atoms in total. The van der Waals surface area contributed by atoms with Crippen molar-refractivity contribution in [2.45, 2.75) is 65.5 Å². The highest BCUT2D eigenvalue weighted by Crippen LogP contribution is 2.12. The highest BCUT2D eigenvalue weighted by molar-refractivity contribution is 4.71. The fraction of sp³-hybridized carbons (Fsp3) is 1.00. The topological polar surface area (TPSA) is 61.7 Å². The molecule has 0 aromatic carbocycles. The first kappa shape index (κ1) is 19.8. The van der Waals surface area contributed by atoms with Gasteiger partial charge in [0.05, 0.1) is 19.3 Å². The Labute approximate surface area is 124 Å². The number of aliphatic hydroxyl groups is 2. The van der Waals surface area contributed by atoms with E-state index in [-0.39, 0.29) is 12.6 Å². The van der Waals surface area contributed by atoms with Crippen molar-refractivity contribution >= 4 is 0 Å². The largest absolute Gasteiger partial charge is 0.395 e. The molecule has 0 aromatic heterocycles. The maximum Gasteiger partial charge on any atom is 0.0897 e. The third-order valence-corrected chi connectivity index (χ3v) is 3.82. The fourth-order valence-corrected chi connectivity index (χ4v) is 2.13. The van der Waals surface area contributed by atoms with Gasteiger partial charge in [0.1, 0.15) is 0 Å². The van der Waals surface area contributed by atoms with Crippen molar-refractivity contribution in [3.8, 4) is 0 Å². The van der Waals surface area contributed by atoms with Crippen LogP contribution in [-0.4, -0.2) is 48.7 Å². The summed E-state index contributed by atoms with van der Waals surface area (Å²) in [5.41, 5.74) is 0. The summed E-state index contributed by atoms with van der Waals surface area (Å²) in [5.74, 6) is 0.961. The summed E-state index contributed by atoms with van der Waals surface area (Å²) in [7, 11) is 0. The minimum Gasteiger partial charge on any atom is -0.395 e. The Hall–Kier alpha value is -0.160. The molecule has 0 aliphatic rings. The van der Waals surface area contributed by atoms with Gasteiger partial charge in [-0.1, -0.05) is 47.0 Å². The van der Waals surface area contributed by atoms with Gasteiger partial charge in [0.2, 0.25) is 0 Å². The Morgan fingerprint density at radius 2 is 1.85 bits per heavy atom. The van der Waals surface area contributed by atoms with Crippen LogP contribution < -0.4 is 5.32 Å². The van der Waals surface area contributed by atoms with Crippen molar-refractivity contribution in [1.82, 2.24) is 5.32 Å². The molecule has 4 heteroatoms. The van der Waals surface area contributed by atoms with Crippen LogP contribution in [0.15, 0.2) is 0 Å². The van der Waals surface area contributed by atoms with Gasteiger partial charge >= 0.3 is 0 Å². The van der Waals surface area contributed by atoms with E-state index in [0.29, 0.717) is 25.0 Å². The van der Waals surface area contributed by atoms with Crippen molar-refractivity contribution in [3.05, 3.63) is 0 Å². The fourth-order valence-electron chi connectivity index (χ4n) is 2.13. The van der Waals surface area contributed by atoms with Crippen molar-refractivity contribution in [1.29, 1.82) is 0 Å². The van der Waals surface area contributed by atoms with Crippen molar-refractivity contribution in [2.24, 2.45) is 11.8 Å². The molecule has 0 heterocycles. The second-order valence-corrected chi connectivity index (χ2v) is 6.05. The summed E-state index contributed by atoms with van der Waals surface area (Å²) in [4.78, 5) is 0. The van der Waals surface area contributed by atoms with Crippen LogP contribution in [0.25, 0.3) is 0 Å². The van der Waals surface area contributed by atoms with E-state index < -0.39 is 6.10 Å². The van der Waals surface area contributed by atoms with Crippen LogP contribution in [0.3, 0.4) is 0 Å². The Morgan fingerprint density at radius 3 is 2.35 bits per heavy atom. The molecule has 0 radical (unpaired) electrons. The zero-order valence-corrected chi connectivity index (χ0v) is 13.8. The molecule has 3 N–H and O–H groups in total. The summed E-state index contributed by atoms with van der Waals surface area (Å²) in [5, 5.41) is 22.2. The van der Waals surface area contributed by atoms with E-state index in [1.165, 1.54) is 19.3 Å². The molecule has 3 atom stereocenters. The van der Waals surface area contributed by atoms with Crippen LogP contribution in [0.1, 0.15) is 53.4 Å². The van der Waals surface area contributed by atoms with Gasteiger partial charge in [-0.15, -0.1) is 0 Å². The zero-order chi connectivity index (χ0) is 15.4. The first-order chi connectivity index (χ1) is 9.54. The highest BCUT2D eigenvalue weighted by atomic mass is 16.5. The lowest BCUT2D eigenvalue weighted by Gasteiger charge is -2.22. The van der Waals surface area contributed by atoms with Gasteiger partial charge in [0.25, 0.3) is 0 Å². The lowest BCUT2D eigenvalue weighted by Crippen LogP contribution is -2.42. The van der Waals surface area contributed by atoms with E-state index in [4.69, 9.17) is 4.74 Å². The second kappa shape index (κ2) is 12.6. The molecule has 0 aromatic rings. The van der Waals surface area contributed by atoms with Gasteiger partial charge in [-0.05, 0) is 18.3 Å². The van der Waals surface area contributed by atoms with Crippen LogP contribution >= 0.6 is 0 Å². The molecule has 0 aliphatic heterocycles. The number of aliphatic hydroxyl groups excluding tert-OH is 2. The minimum absolute atomic E-state index is 0.0394. The number of rotatable bonds is 13. The van der Waals surface area contributed by atoms with Gasteiger partial charge in [-0.25, -0.2) is 0 Å². The van der Waals surface area contributed by atoms with Gasteiger partial charge in [-0.2, -0.15) is 0 Å². The van der Waals surface area contributed by atoms with Crippen molar-refractivity contribution < 1.29 is 14.9 Å². The maximum absolute atomic E-state index is 9.87. The predicted octanol–water partition coefficient (Wildman–Crippen LogP) is 2.19. The quantitative estimate of drug-likeness (QED) is 0.486. The molecule has 0 amide bonds. The van der Waals surface area contributed by atoms with E-state index in [2.05, 4.69) is 33.0 Å². The van der Waals surface area contributed by atoms with Crippen LogP contribution in [0.2, 0.25) is 0 Å². The van der Waals surface area contributed by atoms with Gasteiger partial charge in [0, 0.05) is 19.2 Å². The number of nitrogens with one attached hydrogen (secondary N) is 1. The lowest BCUT2D eigenvalue weighted by molar-refractivity contribution is 0.0166. The highest BCUT2D eigenvalue weighted by Gasteiger charge is 2.14. The molecule has 20 heavy (non-hydrogen) atoms. The minimum atomic E-state index is -0.508. The number of ether oxygens (including phenoxy) is 1. The molecule has 0 spiro atoms. The average Bonchev–Trinajstić information content (AvgIpc) is 2.42. The molecule has 0 saturated carbocycles. The Kier molecular flexibility index (Phi) is 12.5. The summed E-state index contributed by atoms with van der Waals surface area (Å²) >= 11 is 0. The predicted molar refractivity (Wildman–Crippen MR) is 83.8 cm³/mol. The summed E-state index contributed by atoms with van der Waals surface area (Å²) in [6.07, 6.45) is 4.31. The second-order valence-electron chi connectivity index (χ2n) is 6.05. The summed E-state index contributed by atoms with van der Waals surface area (Å²) in [6, 6.07) is 0.0394. The first-order valence-electron chi connectivity index (χ1n) is 8.15. The average molecular weight is 289 g/mol. The monoisotopic (exact) mass is 289 g/mol. The van der Waals surface area contributed by atoms with Crippen LogP contribution in [-0.2, 0) is 4.74 Å². The van der Waals surface area contributed by atoms with Crippen LogP contribution in [0.5, 0.6) is 0 Å². The smallest absolute Gasteiger partial charge is 0.0897 e. The van der Waals surface area contributed by atoms with E-state index in [9.17, 15) is 10.2 Å². The number of unbranched alkanes of at least 4 members (excludes halogenated alkanes) is 1. The summed E-state index contributed by atoms with van der Waals surface area (Å²) in [6.45, 7) is 10.2.